The van der Waals surface area contributed by atoms with E-state index in [-0.39, 0.29) is 11.5 Å². The van der Waals surface area contributed by atoms with E-state index in [1.165, 1.54) is 12.8 Å². The summed E-state index contributed by atoms with van der Waals surface area (Å²) in [6.07, 6.45) is 2.47. The van der Waals surface area contributed by atoms with Crippen LogP contribution in [0.15, 0.2) is 0 Å². The van der Waals surface area contributed by atoms with Crippen LogP contribution in [0.5, 0.6) is 0 Å². The summed E-state index contributed by atoms with van der Waals surface area (Å²) in [6, 6.07) is 0.614. The lowest BCUT2D eigenvalue weighted by atomic mass is 9.85. The molecule has 2 N–H and O–H groups in total. The molecule has 2 fully saturated rings. The maximum atomic E-state index is 6.14. The highest BCUT2D eigenvalue weighted by atomic mass is 16.5. The number of nitrogens with zero attached hydrogens (tertiary/aromatic N) is 3. The third kappa shape index (κ3) is 1.31. The van der Waals surface area contributed by atoms with Gasteiger partial charge in [0.15, 0.2) is 0 Å². The molecular weight excluding hydrogens is 204 g/mol. The molecular formula is C11H18N4O. The van der Waals surface area contributed by atoms with Crippen LogP contribution < -0.4 is 5.73 Å². The van der Waals surface area contributed by atoms with E-state index < -0.39 is 0 Å². The molecule has 2 atom stereocenters. The van der Waals surface area contributed by atoms with Crippen LogP contribution in [0.4, 0.5) is 0 Å². The average Bonchev–Trinajstić information content (AvgIpc) is 2.93. The summed E-state index contributed by atoms with van der Waals surface area (Å²) in [5.74, 6) is 2.01. The van der Waals surface area contributed by atoms with Gasteiger partial charge < -0.3 is 15.0 Å². The maximum absolute atomic E-state index is 6.14. The van der Waals surface area contributed by atoms with Crippen LogP contribution in [0.25, 0.3) is 0 Å². The first-order valence-electron chi connectivity index (χ1n) is 5.88. The molecule has 1 saturated heterocycles. The van der Waals surface area contributed by atoms with Crippen molar-refractivity contribution < 1.29 is 4.74 Å². The normalized spacial score (nSPS) is 34.6. The number of nitrogens with two attached hydrogens (primary N) is 1. The van der Waals surface area contributed by atoms with Gasteiger partial charge in [-0.2, -0.15) is 0 Å². The number of rotatable bonds is 2. The Morgan fingerprint density at radius 2 is 2.19 bits per heavy atom. The minimum absolute atomic E-state index is 0.0219. The molecule has 1 aromatic heterocycles. The lowest BCUT2D eigenvalue weighted by Gasteiger charge is -2.26. The molecule has 88 valence electrons. The largest absolute Gasteiger partial charge is 0.379 e. The van der Waals surface area contributed by atoms with E-state index in [1.807, 2.05) is 6.92 Å². The summed E-state index contributed by atoms with van der Waals surface area (Å²) in [5, 5.41) is 8.54. The van der Waals surface area contributed by atoms with Crippen molar-refractivity contribution in [1.82, 2.24) is 14.8 Å². The SMILES string of the molecule is Cc1nnc(C2(C)COCC2N)n1C1CC1. The van der Waals surface area contributed by atoms with E-state index in [2.05, 4.69) is 21.7 Å². The summed E-state index contributed by atoms with van der Waals surface area (Å²) in [7, 11) is 0. The molecule has 2 heterocycles. The van der Waals surface area contributed by atoms with Gasteiger partial charge in [-0.25, -0.2) is 0 Å². The lowest BCUT2D eigenvalue weighted by Crippen LogP contribution is -2.44. The molecule has 0 bridgehead atoms. The monoisotopic (exact) mass is 222 g/mol. The number of aromatic nitrogens is 3. The highest BCUT2D eigenvalue weighted by molar-refractivity contribution is 5.18. The van der Waals surface area contributed by atoms with E-state index in [4.69, 9.17) is 10.5 Å². The quantitative estimate of drug-likeness (QED) is 0.793. The molecule has 2 unspecified atom stereocenters. The summed E-state index contributed by atoms with van der Waals surface area (Å²) >= 11 is 0. The van der Waals surface area contributed by atoms with Gasteiger partial charge in [0, 0.05) is 12.1 Å². The molecule has 1 saturated carbocycles. The molecule has 0 radical (unpaired) electrons. The molecule has 2 aliphatic rings. The van der Waals surface area contributed by atoms with Gasteiger partial charge in [0.05, 0.1) is 18.6 Å². The fraction of sp³-hybridized carbons (Fsp3) is 0.818. The van der Waals surface area contributed by atoms with Gasteiger partial charge >= 0.3 is 0 Å². The smallest absolute Gasteiger partial charge is 0.143 e. The van der Waals surface area contributed by atoms with Crippen molar-refractivity contribution in [2.75, 3.05) is 13.2 Å². The van der Waals surface area contributed by atoms with Crippen molar-refractivity contribution in [2.24, 2.45) is 5.73 Å². The van der Waals surface area contributed by atoms with Gasteiger partial charge in [-0.15, -0.1) is 10.2 Å². The third-order valence-corrected chi connectivity index (χ3v) is 3.81. The van der Waals surface area contributed by atoms with Gasteiger partial charge in [-0.05, 0) is 26.7 Å². The Hall–Kier alpha value is -0.940. The molecule has 3 rings (SSSR count). The summed E-state index contributed by atoms with van der Waals surface area (Å²) in [6.45, 7) is 5.42. The molecule has 0 spiro atoms. The molecule has 0 amide bonds. The van der Waals surface area contributed by atoms with E-state index in [1.54, 1.807) is 0 Å². The molecule has 16 heavy (non-hydrogen) atoms. The molecule has 5 heteroatoms. The zero-order valence-electron chi connectivity index (χ0n) is 9.81. The Morgan fingerprint density at radius 1 is 1.44 bits per heavy atom. The second-order valence-corrected chi connectivity index (χ2v) is 5.21. The first kappa shape index (κ1) is 10.2. The Labute approximate surface area is 95.0 Å². The van der Waals surface area contributed by atoms with Crippen LogP contribution in [0.3, 0.4) is 0 Å². The summed E-state index contributed by atoms with van der Waals surface area (Å²) in [4.78, 5) is 0. The zero-order valence-corrected chi connectivity index (χ0v) is 9.81. The molecule has 0 aromatic carbocycles. The predicted molar refractivity (Wildman–Crippen MR) is 59.2 cm³/mol. The number of hydrogen-bond acceptors (Lipinski definition) is 4. The van der Waals surface area contributed by atoms with Crippen LogP contribution in [0.1, 0.15) is 37.5 Å². The molecule has 1 aliphatic carbocycles. The predicted octanol–water partition coefficient (Wildman–Crippen LogP) is 0.537. The van der Waals surface area contributed by atoms with Crippen LogP contribution in [-0.4, -0.2) is 34.0 Å². The van der Waals surface area contributed by atoms with Crippen molar-refractivity contribution in [3.8, 4) is 0 Å². The van der Waals surface area contributed by atoms with Gasteiger partial charge in [0.1, 0.15) is 11.6 Å². The van der Waals surface area contributed by atoms with Crippen molar-refractivity contribution in [2.45, 2.75) is 44.2 Å². The Morgan fingerprint density at radius 3 is 2.75 bits per heavy atom. The highest BCUT2D eigenvalue weighted by Crippen LogP contribution is 2.40. The first-order valence-corrected chi connectivity index (χ1v) is 5.88. The van der Waals surface area contributed by atoms with Crippen molar-refractivity contribution >= 4 is 0 Å². The van der Waals surface area contributed by atoms with E-state index in [9.17, 15) is 0 Å². The van der Waals surface area contributed by atoms with E-state index in [0.717, 1.165) is 11.6 Å². The Kier molecular flexibility index (Phi) is 2.09. The van der Waals surface area contributed by atoms with Gasteiger partial charge in [0.25, 0.3) is 0 Å². The van der Waals surface area contributed by atoms with Crippen LogP contribution in [0.2, 0.25) is 0 Å². The molecule has 1 aliphatic heterocycles. The van der Waals surface area contributed by atoms with Crippen molar-refractivity contribution in [1.29, 1.82) is 0 Å². The second kappa shape index (κ2) is 3.28. The fourth-order valence-electron chi connectivity index (χ4n) is 2.45. The average molecular weight is 222 g/mol. The molecule has 1 aromatic rings. The van der Waals surface area contributed by atoms with Crippen molar-refractivity contribution in [3.63, 3.8) is 0 Å². The first-order chi connectivity index (χ1) is 7.63. The Bertz CT molecular complexity index is 412. The van der Waals surface area contributed by atoms with Crippen LogP contribution >= 0.6 is 0 Å². The van der Waals surface area contributed by atoms with Crippen LogP contribution in [-0.2, 0) is 10.2 Å². The van der Waals surface area contributed by atoms with Crippen LogP contribution in [0, 0.1) is 6.92 Å². The fourth-order valence-corrected chi connectivity index (χ4v) is 2.45. The summed E-state index contributed by atoms with van der Waals surface area (Å²) in [5.41, 5.74) is 5.96. The minimum atomic E-state index is -0.177. The van der Waals surface area contributed by atoms with Gasteiger partial charge in [-0.1, -0.05) is 0 Å². The zero-order chi connectivity index (χ0) is 11.3. The number of hydrogen-bond donors (Lipinski definition) is 1. The lowest BCUT2D eigenvalue weighted by molar-refractivity contribution is 0.177. The van der Waals surface area contributed by atoms with E-state index in [0.29, 0.717) is 19.3 Å². The van der Waals surface area contributed by atoms with Crippen molar-refractivity contribution in [3.05, 3.63) is 11.6 Å². The topological polar surface area (TPSA) is 66.0 Å². The maximum Gasteiger partial charge on any atom is 0.143 e. The number of aryl methyl sites for hydroxylation is 1. The highest BCUT2D eigenvalue weighted by Gasteiger charge is 2.45. The number of ether oxygens (including phenoxy) is 1. The molecule has 5 nitrogen and oxygen atoms in total. The third-order valence-electron chi connectivity index (χ3n) is 3.81. The summed E-state index contributed by atoms with van der Waals surface area (Å²) < 4.78 is 7.74. The Balaban J connectivity index is 2.05. The van der Waals surface area contributed by atoms with E-state index >= 15 is 0 Å². The van der Waals surface area contributed by atoms with Gasteiger partial charge in [0.2, 0.25) is 0 Å². The minimum Gasteiger partial charge on any atom is -0.379 e. The van der Waals surface area contributed by atoms with Gasteiger partial charge in [-0.3, -0.25) is 0 Å². The second-order valence-electron chi connectivity index (χ2n) is 5.21. The standard InChI is InChI=1S/C11H18N4O/c1-7-13-14-10(15(7)8-3-4-8)11(2)6-16-5-9(11)12/h8-9H,3-6,12H2,1-2H3.